The number of nitrogen functional groups attached to an aromatic ring is 1. The Morgan fingerprint density at radius 2 is 1.79 bits per heavy atom. The molecule has 1 aliphatic rings. The van der Waals surface area contributed by atoms with Gasteiger partial charge >= 0.3 is 0 Å². The van der Waals surface area contributed by atoms with E-state index >= 15 is 0 Å². The number of fused-ring (bicyclic) bond motifs is 3. The van der Waals surface area contributed by atoms with Crippen LogP contribution in [0.1, 0.15) is 32.0 Å². The number of phenolic OH excluding ortho intramolecular Hbond substituents is 1. The molecular formula is C25H20ClN5O3. The number of nitrogens with one attached hydrogen (secondary N) is 1. The van der Waals surface area contributed by atoms with E-state index in [1.165, 1.54) is 6.07 Å². The van der Waals surface area contributed by atoms with Crippen molar-refractivity contribution in [1.82, 2.24) is 9.78 Å². The number of carbonyl (C=O) groups excluding carboxylic acids is 2. The van der Waals surface area contributed by atoms with Crippen molar-refractivity contribution in [2.45, 2.75) is 12.8 Å². The highest BCUT2D eigenvalue weighted by Gasteiger charge is 2.28. The number of phenols is 1. The predicted molar refractivity (Wildman–Crippen MR) is 130 cm³/mol. The topological polar surface area (TPSA) is 136 Å². The average molecular weight is 474 g/mol. The van der Waals surface area contributed by atoms with Crippen molar-refractivity contribution in [3.05, 3.63) is 88.1 Å². The molecule has 8 nitrogen and oxygen atoms in total. The van der Waals surface area contributed by atoms with Crippen molar-refractivity contribution in [3.63, 3.8) is 0 Å². The van der Waals surface area contributed by atoms with Crippen LogP contribution in [0.5, 0.6) is 5.75 Å². The summed E-state index contributed by atoms with van der Waals surface area (Å²) in [5.41, 5.74) is 16.9. The maximum atomic E-state index is 12.9. The zero-order chi connectivity index (χ0) is 24.0. The second-order valence-electron chi connectivity index (χ2n) is 8.03. The lowest BCUT2D eigenvalue weighted by Crippen LogP contribution is -2.16. The summed E-state index contributed by atoms with van der Waals surface area (Å²) in [6.07, 6.45) is 1.29. The van der Waals surface area contributed by atoms with E-state index in [0.29, 0.717) is 34.9 Å². The van der Waals surface area contributed by atoms with Crippen LogP contribution < -0.4 is 16.8 Å². The summed E-state index contributed by atoms with van der Waals surface area (Å²) in [7, 11) is 0. The van der Waals surface area contributed by atoms with Crippen LogP contribution in [0.2, 0.25) is 5.02 Å². The fourth-order valence-corrected chi connectivity index (χ4v) is 4.41. The zero-order valence-corrected chi connectivity index (χ0v) is 18.6. The van der Waals surface area contributed by atoms with Crippen LogP contribution in [0.15, 0.2) is 60.7 Å². The normalized spacial score (nSPS) is 12.0. The number of nitrogens with zero attached hydrogens (tertiary/aromatic N) is 2. The molecule has 0 saturated carbocycles. The average Bonchev–Trinajstić information content (AvgIpc) is 3.21. The molecule has 0 saturated heterocycles. The molecular weight excluding hydrogens is 454 g/mol. The molecule has 170 valence electrons. The van der Waals surface area contributed by atoms with E-state index in [0.717, 1.165) is 22.4 Å². The van der Waals surface area contributed by atoms with Gasteiger partial charge in [-0.15, -0.1) is 0 Å². The van der Waals surface area contributed by atoms with Gasteiger partial charge in [0.25, 0.3) is 11.8 Å². The number of primary amides is 1. The Bertz CT molecular complexity index is 1460. The first-order valence-corrected chi connectivity index (χ1v) is 10.9. The van der Waals surface area contributed by atoms with Gasteiger partial charge in [0.1, 0.15) is 5.75 Å². The predicted octanol–water partition coefficient (Wildman–Crippen LogP) is 3.93. The minimum atomic E-state index is -0.613. The Morgan fingerprint density at radius 3 is 2.53 bits per heavy atom. The SMILES string of the molecule is NC(=O)c1nn(-c2ccc(O)cc2)c2c1CCc1ccc(NC(=O)c3cc(N)ccc3Cl)cc1-2. The third-order valence-corrected chi connectivity index (χ3v) is 6.14. The minimum absolute atomic E-state index is 0.116. The Hall–Kier alpha value is -4.30. The van der Waals surface area contributed by atoms with E-state index in [2.05, 4.69) is 10.4 Å². The summed E-state index contributed by atoms with van der Waals surface area (Å²) >= 11 is 6.18. The quantitative estimate of drug-likeness (QED) is 0.333. The van der Waals surface area contributed by atoms with Crippen molar-refractivity contribution in [2.24, 2.45) is 5.73 Å². The summed E-state index contributed by atoms with van der Waals surface area (Å²) in [5.74, 6) is -0.887. The number of hydrogen-bond acceptors (Lipinski definition) is 5. The van der Waals surface area contributed by atoms with Gasteiger partial charge in [0, 0.05) is 22.5 Å². The van der Waals surface area contributed by atoms with Crippen molar-refractivity contribution >= 4 is 34.8 Å². The number of aromatic hydroxyl groups is 1. The molecule has 0 fully saturated rings. The second-order valence-corrected chi connectivity index (χ2v) is 8.44. The molecule has 0 bridgehead atoms. The lowest BCUT2D eigenvalue weighted by atomic mass is 9.88. The van der Waals surface area contributed by atoms with E-state index < -0.39 is 11.8 Å². The molecule has 9 heteroatoms. The van der Waals surface area contributed by atoms with Crippen molar-refractivity contribution in [3.8, 4) is 22.7 Å². The molecule has 0 radical (unpaired) electrons. The van der Waals surface area contributed by atoms with E-state index in [-0.39, 0.29) is 17.0 Å². The van der Waals surface area contributed by atoms with Crippen LogP contribution in [-0.4, -0.2) is 26.7 Å². The van der Waals surface area contributed by atoms with Crippen molar-refractivity contribution < 1.29 is 14.7 Å². The first-order valence-electron chi connectivity index (χ1n) is 10.5. The number of anilines is 2. The van der Waals surface area contributed by atoms with Gasteiger partial charge in [-0.2, -0.15) is 5.10 Å². The highest BCUT2D eigenvalue weighted by atomic mass is 35.5. The fourth-order valence-electron chi connectivity index (χ4n) is 4.21. The van der Waals surface area contributed by atoms with E-state index in [9.17, 15) is 14.7 Å². The van der Waals surface area contributed by atoms with Crippen LogP contribution in [0, 0.1) is 0 Å². The zero-order valence-electron chi connectivity index (χ0n) is 17.9. The molecule has 0 atom stereocenters. The number of carbonyl (C=O) groups is 2. The van der Waals surface area contributed by atoms with Gasteiger partial charge in [-0.1, -0.05) is 17.7 Å². The van der Waals surface area contributed by atoms with Crippen molar-refractivity contribution in [1.29, 1.82) is 0 Å². The molecule has 0 aliphatic heterocycles. The van der Waals surface area contributed by atoms with Gasteiger partial charge in [0.2, 0.25) is 0 Å². The summed E-state index contributed by atoms with van der Waals surface area (Å²) in [6.45, 7) is 0. The number of halogens is 1. The Labute approximate surface area is 199 Å². The van der Waals surface area contributed by atoms with Crippen LogP contribution in [0.3, 0.4) is 0 Å². The van der Waals surface area contributed by atoms with Crippen molar-refractivity contribution in [2.75, 3.05) is 11.1 Å². The van der Waals surface area contributed by atoms with E-state index in [1.807, 2.05) is 18.2 Å². The summed E-state index contributed by atoms with van der Waals surface area (Å²) < 4.78 is 1.65. The monoisotopic (exact) mass is 473 g/mol. The fraction of sp³-hybridized carbons (Fsp3) is 0.0800. The summed E-state index contributed by atoms with van der Waals surface area (Å²) in [5, 5.41) is 17.3. The molecule has 0 spiro atoms. The first-order chi connectivity index (χ1) is 16.3. The number of hydrogen-bond donors (Lipinski definition) is 4. The van der Waals surface area contributed by atoms with Crippen LogP contribution >= 0.6 is 11.6 Å². The molecule has 1 aromatic heterocycles. The number of benzene rings is 3. The maximum Gasteiger partial charge on any atom is 0.269 e. The minimum Gasteiger partial charge on any atom is -0.508 e. The highest BCUT2D eigenvalue weighted by molar-refractivity contribution is 6.34. The number of nitrogens with two attached hydrogens (primary N) is 2. The Morgan fingerprint density at radius 1 is 1.03 bits per heavy atom. The van der Waals surface area contributed by atoms with Crippen LogP contribution in [-0.2, 0) is 12.8 Å². The number of aryl methyl sites for hydroxylation is 1. The number of rotatable bonds is 4. The Kier molecular flexibility index (Phi) is 5.22. The number of aromatic nitrogens is 2. The van der Waals surface area contributed by atoms with Crippen LogP contribution in [0.25, 0.3) is 16.9 Å². The van der Waals surface area contributed by atoms with Gasteiger partial charge in [-0.3, -0.25) is 9.59 Å². The lowest BCUT2D eigenvalue weighted by molar-refractivity contribution is 0.0992. The van der Waals surface area contributed by atoms with Crippen LogP contribution in [0.4, 0.5) is 11.4 Å². The molecule has 34 heavy (non-hydrogen) atoms. The first kappa shape index (κ1) is 21.5. The van der Waals surface area contributed by atoms with Gasteiger partial charge in [0.05, 0.1) is 22.0 Å². The molecule has 5 rings (SSSR count). The molecule has 1 aliphatic carbocycles. The molecule has 1 heterocycles. The summed E-state index contributed by atoms with van der Waals surface area (Å²) in [6, 6.07) is 16.8. The van der Waals surface area contributed by atoms with Gasteiger partial charge in [-0.05, 0) is 73.0 Å². The molecule has 3 aromatic carbocycles. The maximum absolute atomic E-state index is 12.9. The lowest BCUT2D eigenvalue weighted by Gasteiger charge is -2.20. The summed E-state index contributed by atoms with van der Waals surface area (Å²) in [4.78, 5) is 25.0. The second kappa shape index (κ2) is 8.24. The Balaban J connectivity index is 1.60. The smallest absolute Gasteiger partial charge is 0.269 e. The van der Waals surface area contributed by atoms with Gasteiger partial charge in [0.15, 0.2) is 5.69 Å². The largest absolute Gasteiger partial charge is 0.508 e. The van der Waals surface area contributed by atoms with E-state index in [4.69, 9.17) is 23.1 Å². The molecule has 6 N–H and O–H groups in total. The van der Waals surface area contributed by atoms with E-state index in [1.54, 1.807) is 41.1 Å². The number of amides is 2. The standard InChI is InChI=1S/C25H20ClN5O3/c26-21-10-3-14(27)11-20(21)25(34)29-15-4-1-13-2-9-18-22(24(28)33)30-31(23(18)19(13)12-15)16-5-7-17(32)8-6-16/h1,3-8,10-12,32H,2,9,27H2,(H2,28,33)(H,29,34). The highest BCUT2D eigenvalue weighted by Crippen LogP contribution is 2.38. The van der Waals surface area contributed by atoms with Gasteiger partial charge < -0.3 is 21.9 Å². The third-order valence-electron chi connectivity index (χ3n) is 5.81. The van der Waals surface area contributed by atoms with Gasteiger partial charge in [-0.25, -0.2) is 4.68 Å². The third kappa shape index (κ3) is 3.74. The molecule has 2 amide bonds. The molecule has 4 aromatic rings. The molecule has 0 unspecified atom stereocenters.